The van der Waals surface area contributed by atoms with Gasteiger partial charge in [0.25, 0.3) is 5.91 Å². The molecule has 0 saturated heterocycles. The van der Waals surface area contributed by atoms with Crippen LogP contribution >= 0.6 is 0 Å². The molecule has 0 unspecified atom stereocenters. The Hall–Kier alpha value is -2.89. The largest absolute Gasteiger partial charge is 0.507 e. The van der Waals surface area contributed by atoms with Gasteiger partial charge in [0, 0.05) is 0 Å². The zero-order valence-corrected chi connectivity index (χ0v) is 11.5. The Bertz CT molecular complexity index is 739. The summed E-state index contributed by atoms with van der Waals surface area (Å²) >= 11 is 0. The summed E-state index contributed by atoms with van der Waals surface area (Å²) in [4.78, 5) is 16.4. The molecule has 0 saturated carbocycles. The van der Waals surface area contributed by atoms with Crippen molar-refractivity contribution < 1.29 is 19.0 Å². The SMILES string of the molecule is O=C(Nc1ccccc1C1=NCCO1)c1c(O)cccc1F. The molecule has 0 atom stereocenters. The summed E-state index contributed by atoms with van der Waals surface area (Å²) in [6, 6.07) is 10.6. The number of phenolic OH excluding ortho intramolecular Hbond substituents is 1. The minimum absolute atomic E-state index is 0.397. The normalized spacial score (nSPS) is 13.4. The standard InChI is InChI=1S/C16H13FN2O3/c17-11-5-3-7-13(20)14(11)15(21)19-12-6-2-1-4-10(12)16-18-8-9-22-16/h1-7,20H,8-9H2,(H,19,21). The first-order chi connectivity index (χ1) is 10.7. The molecule has 0 radical (unpaired) electrons. The number of rotatable bonds is 3. The molecule has 0 fully saturated rings. The molecule has 5 nitrogen and oxygen atoms in total. The third kappa shape index (κ3) is 2.63. The molecule has 1 heterocycles. The minimum Gasteiger partial charge on any atom is -0.507 e. The van der Waals surface area contributed by atoms with Crippen LogP contribution in [0.15, 0.2) is 47.5 Å². The van der Waals surface area contributed by atoms with E-state index in [2.05, 4.69) is 10.3 Å². The van der Waals surface area contributed by atoms with Gasteiger partial charge < -0.3 is 15.2 Å². The lowest BCUT2D eigenvalue weighted by Gasteiger charge is -2.12. The molecule has 1 aliphatic heterocycles. The first kappa shape index (κ1) is 14.1. The highest BCUT2D eigenvalue weighted by atomic mass is 19.1. The second kappa shape index (κ2) is 5.85. The number of para-hydroxylation sites is 1. The summed E-state index contributed by atoms with van der Waals surface area (Å²) < 4.78 is 19.1. The molecule has 22 heavy (non-hydrogen) atoms. The fourth-order valence-electron chi connectivity index (χ4n) is 2.20. The topological polar surface area (TPSA) is 70.9 Å². The van der Waals surface area contributed by atoms with Crippen molar-refractivity contribution in [3.8, 4) is 5.75 Å². The first-order valence-electron chi connectivity index (χ1n) is 6.72. The molecule has 1 aliphatic rings. The average molecular weight is 300 g/mol. The number of nitrogens with one attached hydrogen (secondary N) is 1. The van der Waals surface area contributed by atoms with Gasteiger partial charge in [-0.25, -0.2) is 9.38 Å². The number of hydrogen-bond donors (Lipinski definition) is 2. The molecule has 112 valence electrons. The first-order valence-corrected chi connectivity index (χ1v) is 6.72. The van der Waals surface area contributed by atoms with Crippen LogP contribution in [0.3, 0.4) is 0 Å². The van der Waals surface area contributed by atoms with E-state index >= 15 is 0 Å². The molecule has 6 heteroatoms. The van der Waals surface area contributed by atoms with Crippen LogP contribution < -0.4 is 5.32 Å². The van der Waals surface area contributed by atoms with E-state index in [1.807, 2.05) is 0 Å². The summed E-state index contributed by atoms with van der Waals surface area (Å²) in [6.07, 6.45) is 0. The molecule has 0 aromatic heterocycles. The number of hydrogen-bond acceptors (Lipinski definition) is 4. The number of phenols is 1. The molecule has 2 aromatic rings. The van der Waals surface area contributed by atoms with Crippen LogP contribution in [0, 0.1) is 5.82 Å². The van der Waals surface area contributed by atoms with Gasteiger partial charge in [0.05, 0.1) is 17.8 Å². The van der Waals surface area contributed by atoms with Crippen molar-refractivity contribution in [3.05, 3.63) is 59.4 Å². The number of amides is 1. The Morgan fingerprint density at radius 3 is 2.77 bits per heavy atom. The number of carbonyl (C=O) groups excluding carboxylic acids is 1. The molecule has 0 bridgehead atoms. The fraction of sp³-hybridized carbons (Fsp3) is 0.125. The molecular formula is C16H13FN2O3. The Balaban J connectivity index is 1.92. The molecule has 3 rings (SSSR count). The highest BCUT2D eigenvalue weighted by molar-refractivity contribution is 6.10. The monoisotopic (exact) mass is 300 g/mol. The van der Waals surface area contributed by atoms with Crippen LogP contribution in [-0.4, -0.2) is 30.1 Å². The summed E-state index contributed by atoms with van der Waals surface area (Å²) in [5.41, 5.74) is 0.659. The number of anilines is 1. The third-order valence-electron chi connectivity index (χ3n) is 3.21. The summed E-state index contributed by atoms with van der Waals surface area (Å²) in [5.74, 6) is -1.50. The van der Waals surface area contributed by atoms with Crippen molar-refractivity contribution in [1.29, 1.82) is 0 Å². The molecule has 0 aliphatic carbocycles. The van der Waals surface area contributed by atoms with Crippen molar-refractivity contribution >= 4 is 17.5 Å². The fourth-order valence-corrected chi connectivity index (χ4v) is 2.20. The van der Waals surface area contributed by atoms with E-state index in [-0.39, 0.29) is 0 Å². The Labute approximate surface area is 126 Å². The van der Waals surface area contributed by atoms with E-state index < -0.39 is 23.0 Å². The number of carbonyl (C=O) groups is 1. The second-order valence-corrected chi connectivity index (χ2v) is 4.67. The second-order valence-electron chi connectivity index (χ2n) is 4.67. The van der Waals surface area contributed by atoms with Crippen LogP contribution in [0.1, 0.15) is 15.9 Å². The molecule has 2 N–H and O–H groups in total. The number of benzene rings is 2. The van der Waals surface area contributed by atoms with E-state index in [0.717, 1.165) is 6.07 Å². The van der Waals surface area contributed by atoms with Crippen molar-refractivity contribution in [2.75, 3.05) is 18.5 Å². The van der Waals surface area contributed by atoms with Crippen LogP contribution in [0.4, 0.5) is 10.1 Å². The van der Waals surface area contributed by atoms with Crippen LogP contribution in [0.5, 0.6) is 5.75 Å². The van der Waals surface area contributed by atoms with Gasteiger partial charge in [0.15, 0.2) is 0 Å². The maximum absolute atomic E-state index is 13.7. The van der Waals surface area contributed by atoms with E-state index in [0.29, 0.717) is 30.3 Å². The predicted octanol–water partition coefficient (Wildman–Crippen LogP) is 2.56. The minimum atomic E-state index is -0.788. The van der Waals surface area contributed by atoms with Crippen LogP contribution in [0.2, 0.25) is 0 Å². The van der Waals surface area contributed by atoms with Gasteiger partial charge in [0.2, 0.25) is 5.90 Å². The van der Waals surface area contributed by atoms with E-state index in [4.69, 9.17) is 4.74 Å². The number of halogens is 1. The average Bonchev–Trinajstić information content (AvgIpc) is 3.01. The zero-order valence-electron chi connectivity index (χ0n) is 11.5. The van der Waals surface area contributed by atoms with Crippen LogP contribution in [0.25, 0.3) is 0 Å². The Morgan fingerprint density at radius 1 is 1.23 bits per heavy atom. The maximum Gasteiger partial charge on any atom is 0.262 e. The van der Waals surface area contributed by atoms with E-state index in [1.54, 1.807) is 24.3 Å². The highest BCUT2D eigenvalue weighted by Crippen LogP contribution is 2.24. The number of aliphatic imine (C=N–C) groups is 1. The van der Waals surface area contributed by atoms with Gasteiger partial charge in [-0.2, -0.15) is 0 Å². The van der Waals surface area contributed by atoms with Gasteiger partial charge in [0.1, 0.15) is 23.7 Å². The smallest absolute Gasteiger partial charge is 0.262 e. The van der Waals surface area contributed by atoms with E-state index in [9.17, 15) is 14.3 Å². The molecule has 0 spiro atoms. The number of nitrogens with zero attached hydrogens (tertiary/aromatic N) is 1. The Kier molecular flexibility index (Phi) is 3.74. The highest BCUT2D eigenvalue weighted by Gasteiger charge is 2.20. The molecule has 1 amide bonds. The van der Waals surface area contributed by atoms with Gasteiger partial charge in [-0.3, -0.25) is 4.79 Å². The van der Waals surface area contributed by atoms with Crippen LogP contribution in [-0.2, 0) is 4.74 Å². The lowest BCUT2D eigenvalue weighted by Crippen LogP contribution is -2.16. The summed E-state index contributed by atoms with van der Waals surface area (Å²) in [7, 11) is 0. The van der Waals surface area contributed by atoms with E-state index in [1.165, 1.54) is 12.1 Å². The van der Waals surface area contributed by atoms with Crippen molar-refractivity contribution in [3.63, 3.8) is 0 Å². The van der Waals surface area contributed by atoms with Gasteiger partial charge in [-0.15, -0.1) is 0 Å². The van der Waals surface area contributed by atoms with Crippen molar-refractivity contribution in [2.24, 2.45) is 4.99 Å². The van der Waals surface area contributed by atoms with Gasteiger partial charge >= 0.3 is 0 Å². The number of ether oxygens (including phenoxy) is 1. The molecule has 2 aromatic carbocycles. The Morgan fingerprint density at radius 2 is 2.05 bits per heavy atom. The number of aromatic hydroxyl groups is 1. The van der Waals surface area contributed by atoms with Gasteiger partial charge in [-0.1, -0.05) is 18.2 Å². The molecular weight excluding hydrogens is 287 g/mol. The summed E-state index contributed by atoms with van der Waals surface area (Å²) in [6.45, 7) is 1.05. The third-order valence-corrected chi connectivity index (χ3v) is 3.21. The van der Waals surface area contributed by atoms with Crippen molar-refractivity contribution in [2.45, 2.75) is 0 Å². The predicted molar refractivity (Wildman–Crippen MR) is 79.8 cm³/mol. The maximum atomic E-state index is 13.7. The lowest BCUT2D eigenvalue weighted by molar-refractivity contribution is 0.102. The zero-order chi connectivity index (χ0) is 15.5. The van der Waals surface area contributed by atoms with Gasteiger partial charge in [-0.05, 0) is 24.3 Å². The summed E-state index contributed by atoms with van der Waals surface area (Å²) in [5, 5.41) is 12.3. The quantitative estimate of drug-likeness (QED) is 0.915. The lowest BCUT2D eigenvalue weighted by atomic mass is 10.1. The van der Waals surface area contributed by atoms with Crippen molar-refractivity contribution in [1.82, 2.24) is 0 Å².